The monoisotopic (exact) mass is 243 g/mol. The van der Waals surface area contributed by atoms with Gasteiger partial charge in [-0.3, -0.25) is 9.59 Å². The number of rotatable bonds is 1. The summed E-state index contributed by atoms with van der Waals surface area (Å²) in [4.78, 5) is 23.8. The molecular weight excluding hydrogens is 236 g/mol. The first kappa shape index (κ1) is 11.1. The van der Waals surface area contributed by atoms with Gasteiger partial charge in [-0.15, -0.1) is 0 Å². The lowest BCUT2D eigenvalue weighted by Gasteiger charge is -2.14. The SMILES string of the molecule is O=C1CC(S)C(=O)N1c1ccc(F)c(F)c1. The highest BCUT2D eigenvalue weighted by Gasteiger charge is 2.37. The summed E-state index contributed by atoms with van der Waals surface area (Å²) in [5.74, 6) is -3.10. The van der Waals surface area contributed by atoms with Crippen LogP contribution in [0.3, 0.4) is 0 Å². The van der Waals surface area contributed by atoms with Crippen LogP contribution in [-0.2, 0) is 9.59 Å². The molecular formula is C10H7F2NO2S. The fourth-order valence-electron chi connectivity index (χ4n) is 1.51. The Kier molecular flexibility index (Phi) is 2.67. The van der Waals surface area contributed by atoms with Gasteiger partial charge in [-0.2, -0.15) is 12.6 Å². The maximum absolute atomic E-state index is 12.9. The lowest BCUT2D eigenvalue weighted by molar-refractivity contribution is -0.121. The second-order valence-electron chi connectivity index (χ2n) is 3.39. The highest BCUT2D eigenvalue weighted by atomic mass is 32.1. The molecule has 1 atom stereocenters. The molecule has 1 unspecified atom stereocenters. The molecule has 16 heavy (non-hydrogen) atoms. The van der Waals surface area contributed by atoms with Gasteiger partial charge in [0, 0.05) is 12.5 Å². The molecule has 1 aromatic carbocycles. The summed E-state index contributed by atoms with van der Waals surface area (Å²) < 4.78 is 25.6. The zero-order valence-electron chi connectivity index (χ0n) is 7.98. The molecule has 0 bridgehead atoms. The first-order valence-corrected chi connectivity index (χ1v) is 5.02. The molecule has 6 heteroatoms. The summed E-state index contributed by atoms with van der Waals surface area (Å²) in [5.41, 5.74) is 0.0328. The van der Waals surface area contributed by atoms with E-state index in [1.807, 2.05) is 0 Å². The molecule has 1 heterocycles. The van der Waals surface area contributed by atoms with Crippen LogP contribution < -0.4 is 4.90 Å². The fourth-order valence-corrected chi connectivity index (χ4v) is 1.78. The summed E-state index contributed by atoms with van der Waals surface area (Å²) in [6.45, 7) is 0. The summed E-state index contributed by atoms with van der Waals surface area (Å²) in [6.07, 6.45) is -0.0268. The van der Waals surface area contributed by atoms with Crippen molar-refractivity contribution in [2.24, 2.45) is 0 Å². The number of carbonyl (C=O) groups excluding carboxylic acids is 2. The Balaban J connectivity index is 2.41. The van der Waals surface area contributed by atoms with E-state index < -0.39 is 28.7 Å². The third kappa shape index (κ3) is 1.69. The average Bonchev–Trinajstić information content (AvgIpc) is 2.47. The Bertz CT molecular complexity index is 478. The zero-order valence-corrected chi connectivity index (χ0v) is 8.88. The molecule has 84 valence electrons. The van der Waals surface area contributed by atoms with Crippen LogP contribution in [0.1, 0.15) is 6.42 Å². The van der Waals surface area contributed by atoms with Gasteiger partial charge in [0.2, 0.25) is 11.8 Å². The number of halogens is 2. The third-order valence-electron chi connectivity index (χ3n) is 2.28. The summed E-state index contributed by atoms with van der Waals surface area (Å²) >= 11 is 3.92. The largest absolute Gasteiger partial charge is 0.274 e. The number of nitrogens with zero attached hydrogens (tertiary/aromatic N) is 1. The molecule has 1 aliphatic heterocycles. The van der Waals surface area contributed by atoms with E-state index in [0.29, 0.717) is 0 Å². The van der Waals surface area contributed by atoms with Crippen LogP contribution >= 0.6 is 12.6 Å². The predicted octanol–water partition coefficient (Wildman–Crippen LogP) is 1.53. The van der Waals surface area contributed by atoms with E-state index in [0.717, 1.165) is 17.0 Å². The van der Waals surface area contributed by atoms with Crippen LogP contribution in [0.15, 0.2) is 18.2 Å². The minimum absolute atomic E-state index is 0.0268. The maximum Gasteiger partial charge on any atom is 0.247 e. The molecule has 0 radical (unpaired) electrons. The third-order valence-corrected chi connectivity index (χ3v) is 2.69. The number of anilines is 1. The molecule has 1 saturated heterocycles. The molecule has 0 spiro atoms. The van der Waals surface area contributed by atoms with E-state index in [4.69, 9.17) is 0 Å². The predicted molar refractivity (Wildman–Crippen MR) is 56.2 cm³/mol. The number of hydrogen-bond acceptors (Lipinski definition) is 3. The van der Waals surface area contributed by atoms with Crippen LogP contribution in [0.2, 0.25) is 0 Å². The summed E-state index contributed by atoms with van der Waals surface area (Å²) in [5, 5.41) is -0.708. The van der Waals surface area contributed by atoms with Crippen molar-refractivity contribution in [1.29, 1.82) is 0 Å². The van der Waals surface area contributed by atoms with Crippen LogP contribution in [0.25, 0.3) is 0 Å². The van der Waals surface area contributed by atoms with Crippen molar-refractivity contribution < 1.29 is 18.4 Å². The highest BCUT2D eigenvalue weighted by molar-refractivity contribution is 7.82. The highest BCUT2D eigenvalue weighted by Crippen LogP contribution is 2.26. The average molecular weight is 243 g/mol. The van der Waals surface area contributed by atoms with Crippen molar-refractivity contribution >= 4 is 30.1 Å². The molecule has 0 saturated carbocycles. The van der Waals surface area contributed by atoms with Gasteiger partial charge < -0.3 is 0 Å². The first-order chi connectivity index (χ1) is 7.50. The summed E-state index contributed by atoms with van der Waals surface area (Å²) in [7, 11) is 0. The van der Waals surface area contributed by atoms with Gasteiger partial charge in [0.25, 0.3) is 0 Å². The van der Waals surface area contributed by atoms with Gasteiger partial charge >= 0.3 is 0 Å². The van der Waals surface area contributed by atoms with E-state index in [2.05, 4.69) is 12.6 Å². The Labute approximate surface area is 95.5 Å². The van der Waals surface area contributed by atoms with Gasteiger partial charge in [0.05, 0.1) is 10.9 Å². The molecule has 0 N–H and O–H groups in total. The number of hydrogen-bond donors (Lipinski definition) is 1. The lowest BCUT2D eigenvalue weighted by Crippen LogP contribution is -2.30. The second-order valence-corrected chi connectivity index (χ2v) is 4.01. The maximum atomic E-state index is 12.9. The van der Waals surface area contributed by atoms with Crippen molar-refractivity contribution in [3.63, 3.8) is 0 Å². The van der Waals surface area contributed by atoms with Crippen LogP contribution in [-0.4, -0.2) is 17.1 Å². The van der Waals surface area contributed by atoms with Crippen molar-refractivity contribution in [3.8, 4) is 0 Å². The Morgan fingerprint density at radius 3 is 2.44 bits per heavy atom. The molecule has 1 aromatic rings. The van der Waals surface area contributed by atoms with E-state index in [1.54, 1.807) is 0 Å². The Hall–Kier alpha value is -1.43. The van der Waals surface area contributed by atoms with E-state index in [1.165, 1.54) is 6.07 Å². The minimum atomic E-state index is -1.10. The zero-order chi connectivity index (χ0) is 11.9. The number of amides is 2. The standard InChI is InChI=1S/C10H7F2NO2S/c11-6-2-1-5(3-7(6)12)13-9(14)4-8(16)10(13)15/h1-3,8,16H,4H2. The second kappa shape index (κ2) is 3.86. The van der Waals surface area contributed by atoms with Crippen molar-refractivity contribution in [1.82, 2.24) is 0 Å². The Morgan fingerprint density at radius 1 is 1.25 bits per heavy atom. The van der Waals surface area contributed by atoms with Crippen molar-refractivity contribution in [3.05, 3.63) is 29.8 Å². The number of benzene rings is 1. The van der Waals surface area contributed by atoms with Gasteiger partial charge in [0.1, 0.15) is 0 Å². The Morgan fingerprint density at radius 2 is 1.94 bits per heavy atom. The minimum Gasteiger partial charge on any atom is -0.274 e. The van der Waals surface area contributed by atoms with Gasteiger partial charge in [-0.05, 0) is 12.1 Å². The first-order valence-electron chi connectivity index (χ1n) is 4.50. The molecule has 1 fully saturated rings. The molecule has 2 amide bonds. The van der Waals surface area contributed by atoms with Crippen LogP contribution in [0.4, 0.5) is 14.5 Å². The van der Waals surface area contributed by atoms with Gasteiger partial charge in [-0.25, -0.2) is 13.7 Å². The van der Waals surface area contributed by atoms with Gasteiger partial charge in [0.15, 0.2) is 11.6 Å². The number of imide groups is 1. The molecule has 0 aliphatic carbocycles. The molecule has 0 aromatic heterocycles. The fraction of sp³-hybridized carbons (Fsp3) is 0.200. The number of thiol groups is 1. The van der Waals surface area contributed by atoms with E-state index in [-0.39, 0.29) is 12.1 Å². The van der Waals surface area contributed by atoms with E-state index in [9.17, 15) is 18.4 Å². The van der Waals surface area contributed by atoms with Crippen LogP contribution in [0.5, 0.6) is 0 Å². The molecule has 1 aliphatic rings. The molecule has 3 nitrogen and oxygen atoms in total. The summed E-state index contributed by atoms with van der Waals surface area (Å²) in [6, 6.07) is 2.87. The van der Waals surface area contributed by atoms with Crippen molar-refractivity contribution in [2.45, 2.75) is 11.7 Å². The lowest BCUT2D eigenvalue weighted by atomic mass is 10.3. The van der Waals surface area contributed by atoms with Crippen molar-refractivity contribution in [2.75, 3.05) is 4.90 Å². The normalized spacial score (nSPS) is 20.7. The van der Waals surface area contributed by atoms with E-state index >= 15 is 0 Å². The molecule has 2 rings (SSSR count). The van der Waals surface area contributed by atoms with Gasteiger partial charge in [-0.1, -0.05) is 0 Å². The topological polar surface area (TPSA) is 37.4 Å². The smallest absolute Gasteiger partial charge is 0.247 e. The quantitative estimate of drug-likeness (QED) is 0.600. The number of carbonyl (C=O) groups is 2. The van der Waals surface area contributed by atoms with Crippen LogP contribution in [0, 0.1) is 11.6 Å².